The molecule has 1 nitrogen and oxygen atoms in total. The third-order valence-electron chi connectivity index (χ3n) is 11.8. The highest BCUT2D eigenvalue weighted by molar-refractivity contribution is 6.22. The average molecular weight is 678 g/mol. The number of nitrogens with zero attached hydrogens (tertiary/aromatic N) is 1. The largest absolute Gasteiger partial charge is 0.309 e. The molecule has 0 bridgehead atoms. The molecule has 0 saturated heterocycles. The Kier molecular flexibility index (Phi) is 6.97. The first kappa shape index (κ1) is 31.3. The van der Waals surface area contributed by atoms with Crippen molar-refractivity contribution < 1.29 is 0 Å². The summed E-state index contributed by atoms with van der Waals surface area (Å²) in [7, 11) is 0. The van der Waals surface area contributed by atoms with Crippen LogP contribution in [0.4, 0.5) is 0 Å². The first-order valence-electron chi connectivity index (χ1n) is 18.6. The lowest BCUT2D eigenvalue weighted by atomic mass is 9.69. The van der Waals surface area contributed by atoms with Crippen molar-refractivity contribution in [2.75, 3.05) is 0 Å². The lowest BCUT2D eigenvalue weighted by molar-refractivity contribution is 0.785. The van der Waals surface area contributed by atoms with Crippen LogP contribution in [-0.4, -0.2) is 4.57 Å². The molecule has 0 saturated carbocycles. The van der Waals surface area contributed by atoms with Crippen LogP contribution < -0.4 is 0 Å². The van der Waals surface area contributed by atoms with Crippen molar-refractivity contribution in [3.63, 3.8) is 0 Å². The van der Waals surface area contributed by atoms with Crippen molar-refractivity contribution in [3.8, 4) is 27.9 Å². The van der Waals surface area contributed by atoms with E-state index in [1.54, 1.807) is 0 Å². The fourth-order valence-electron chi connectivity index (χ4n) is 9.56. The van der Waals surface area contributed by atoms with E-state index in [0.717, 1.165) is 5.69 Å². The van der Waals surface area contributed by atoms with Crippen LogP contribution in [0.3, 0.4) is 0 Å². The Labute approximate surface area is 311 Å². The molecule has 53 heavy (non-hydrogen) atoms. The van der Waals surface area contributed by atoms with Crippen molar-refractivity contribution in [2.24, 2.45) is 0 Å². The zero-order valence-corrected chi connectivity index (χ0v) is 30.3. The van der Waals surface area contributed by atoms with Crippen LogP contribution in [0.15, 0.2) is 176 Å². The monoisotopic (exact) mass is 677 g/mol. The van der Waals surface area contributed by atoms with Crippen LogP contribution in [0.2, 0.25) is 0 Å². The molecule has 0 radical (unpaired) electrons. The number of rotatable bonds is 5. The van der Waals surface area contributed by atoms with Gasteiger partial charge in [0.15, 0.2) is 0 Å². The highest BCUT2D eigenvalue weighted by Crippen LogP contribution is 2.62. The Balaban J connectivity index is 1.28. The van der Waals surface area contributed by atoms with Gasteiger partial charge in [-0.25, -0.2) is 0 Å². The zero-order chi connectivity index (χ0) is 35.8. The first-order valence-corrected chi connectivity index (χ1v) is 18.6. The Hall–Kier alpha value is -6.44. The van der Waals surface area contributed by atoms with Gasteiger partial charge in [-0.2, -0.15) is 0 Å². The van der Waals surface area contributed by atoms with Gasteiger partial charge in [-0.3, -0.25) is 0 Å². The normalized spacial score (nSPS) is 14.3. The number of fused-ring (bicyclic) bond motifs is 12. The second-order valence-electron chi connectivity index (χ2n) is 14.4. The smallest absolute Gasteiger partial charge is 0.0726 e. The van der Waals surface area contributed by atoms with Crippen LogP contribution in [0, 0.1) is 6.92 Å². The van der Waals surface area contributed by atoms with Crippen LogP contribution in [0.1, 0.15) is 47.2 Å². The van der Waals surface area contributed by atoms with E-state index in [9.17, 15) is 0 Å². The molecule has 1 aromatic heterocycles. The fourth-order valence-corrected chi connectivity index (χ4v) is 9.56. The number of aromatic nitrogens is 1. The number of aryl methyl sites for hydroxylation is 1. The van der Waals surface area contributed by atoms with Crippen LogP contribution in [-0.2, 0) is 5.41 Å². The van der Waals surface area contributed by atoms with Gasteiger partial charge in [0.2, 0.25) is 0 Å². The summed E-state index contributed by atoms with van der Waals surface area (Å²) in [5, 5.41) is 5.06. The average Bonchev–Trinajstić information content (AvgIpc) is 3.79. The quantitative estimate of drug-likeness (QED) is 0.171. The van der Waals surface area contributed by atoms with Gasteiger partial charge in [-0.05, 0) is 135 Å². The molecular formula is C52H39N. The molecular weight excluding hydrogens is 639 g/mol. The molecule has 1 heterocycles. The molecule has 2 aliphatic carbocycles. The number of hydrogen-bond acceptors (Lipinski definition) is 0. The van der Waals surface area contributed by atoms with Gasteiger partial charge < -0.3 is 4.57 Å². The van der Waals surface area contributed by atoms with Crippen LogP contribution in [0.5, 0.6) is 0 Å². The number of allylic oxidation sites excluding steroid dienone is 6. The van der Waals surface area contributed by atoms with Gasteiger partial charge in [0.1, 0.15) is 0 Å². The zero-order valence-electron chi connectivity index (χ0n) is 30.3. The van der Waals surface area contributed by atoms with E-state index in [-0.39, 0.29) is 0 Å². The lowest BCUT2D eigenvalue weighted by Gasteiger charge is -2.31. The highest BCUT2D eigenvalue weighted by atomic mass is 15.0. The molecule has 0 amide bonds. The molecule has 1 spiro atoms. The van der Waals surface area contributed by atoms with Crippen LogP contribution >= 0.6 is 0 Å². The molecule has 0 unspecified atom stereocenters. The predicted molar refractivity (Wildman–Crippen MR) is 227 cm³/mol. The third-order valence-corrected chi connectivity index (χ3v) is 11.8. The molecule has 0 aliphatic heterocycles. The molecule has 0 N–H and O–H groups in total. The van der Waals surface area contributed by atoms with Gasteiger partial charge in [0.25, 0.3) is 0 Å². The summed E-state index contributed by atoms with van der Waals surface area (Å²) >= 11 is 0. The lowest BCUT2D eigenvalue weighted by Crippen LogP contribution is -2.26. The van der Waals surface area contributed by atoms with E-state index in [4.69, 9.17) is 0 Å². The van der Waals surface area contributed by atoms with Gasteiger partial charge in [-0.1, -0.05) is 140 Å². The summed E-state index contributed by atoms with van der Waals surface area (Å²) in [6.45, 7) is 10.8. The summed E-state index contributed by atoms with van der Waals surface area (Å²) in [4.78, 5) is 0. The maximum atomic E-state index is 4.46. The van der Waals surface area contributed by atoms with E-state index in [2.05, 4.69) is 202 Å². The maximum Gasteiger partial charge on any atom is 0.0726 e. The Morgan fingerprint density at radius 1 is 0.566 bits per heavy atom. The van der Waals surface area contributed by atoms with Gasteiger partial charge in [0, 0.05) is 16.5 Å². The van der Waals surface area contributed by atoms with E-state index in [1.165, 1.54) is 99.4 Å². The second kappa shape index (κ2) is 11.8. The second-order valence-corrected chi connectivity index (χ2v) is 14.4. The van der Waals surface area contributed by atoms with Crippen molar-refractivity contribution in [2.45, 2.75) is 26.2 Å². The Morgan fingerprint density at radius 3 is 2.00 bits per heavy atom. The highest BCUT2D eigenvalue weighted by Gasteiger charge is 2.51. The molecule has 10 rings (SSSR count). The summed E-state index contributed by atoms with van der Waals surface area (Å²) in [6.07, 6.45) is 10.9. The minimum absolute atomic E-state index is 0.468. The summed E-state index contributed by atoms with van der Waals surface area (Å²) in [5.41, 5.74) is 18.4. The van der Waals surface area contributed by atoms with E-state index in [0.29, 0.717) is 0 Å². The molecule has 0 fully saturated rings. The summed E-state index contributed by atoms with van der Waals surface area (Å²) in [6, 6.07) is 52.3. The molecule has 0 atom stereocenters. The molecule has 8 aromatic rings. The van der Waals surface area contributed by atoms with E-state index >= 15 is 0 Å². The van der Waals surface area contributed by atoms with Gasteiger partial charge in [0.05, 0.1) is 16.4 Å². The number of benzene rings is 7. The summed E-state index contributed by atoms with van der Waals surface area (Å²) in [5.74, 6) is 0. The Morgan fingerprint density at radius 2 is 1.25 bits per heavy atom. The number of hydrogen-bond donors (Lipinski definition) is 0. The van der Waals surface area contributed by atoms with Crippen LogP contribution in [0.25, 0.3) is 72.2 Å². The van der Waals surface area contributed by atoms with E-state index < -0.39 is 5.41 Å². The molecule has 1 heteroatoms. The molecule has 7 aromatic carbocycles. The molecule has 252 valence electrons. The summed E-state index contributed by atoms with van der Waals surface area (Å²) < 4.78 is 2.49. The minimum atomic E-state index is -0.468. The van der Waals surface area contributed by atoms with Gasteiger partial charge >= 0.3 is 0 Å². The van der Waals surface area contributed by atoms with E-state index in [1.807, 2.05) is 0 Å². The predicted octanol–water partition coefficient (Wildman–Crippen LogP) is 13.8. The topological polar surface area (TPSA) is 4.93 Å². The minimum Gasteiger partial charge on any atom is -0.309 e. The van der Waals surface area contributed by atoms with Crippen molar-refractivity contribution >= 4 is 44.2 Å². The van der Waals surface area contributed by atoms with Crippen molar-refractivity contribution in [3.05, 3.63) is 209 Å². The van der Waals surface area contributed by atoms with Gasteiger partial charge in [-0.15, -0.1) is 0 Å². The molecule has 2 aliphatic rings. The first-order chi connectivity index (χ1) is 26.1. The standard InChI is InChI=1S/C52H39N/c1-5-14-35-30-36(23-22-33(35)4)37-25-28-49-44(31-37)51-39-17-9-8-16-34(39)24-29-50(51)53(49)38-26-27-43-40(15-6-2)45(7-3)52(48(43)32-38)46-20-12-10-18-41(46)42-19-11-13-21-47(42)52/h5-32H,3H2,1-2,4H3/b14-5-,15-6-. The third kappa shape index (κ3) is 4.25. The maximum absolute atomic E-state index is 4.46. The SMILES string of the molecule is C=CC1=C(/C=C\C)c2ccc(-n3c4ccc(-c5ccc(C)c(/C=C\C)c5)cc4c4c5ccccc5ccc43)cc2C12c1ccccc1-c1ccccc12. The fraction of sp³-hybridized carbons (Fsp3) is 0.0769. The van der Waals surface area contributed by atoms with Crippen molar-refractivity contribution in [1.29, 1.82) is 0 Å². The van der Waals surface area contributed by atoms with Crippen molar-refractivity contribution in [1.82, 2.24) is 4.57 Å². The Bertz CT molecular complexity index is 2890.